The second kappa shape index (κ2) is 7.93. The summed E-state index contributed by atoms with van der Waals surface area (Å²) in [5.74, 6) is 2.71. The lowest BCUT2D eigenvalue weighted by atomic mass is 9.99. The van der Waals surface area contributed by atoms with Gasteiger partial charge in [-0.2, -0.15) is 0 Å². The molecule has 1 aromatic heterocycles. The van der Waals surface area contributed by atoms with E-state index in [9.17, 15) is 0 Å². The summed E-state index contributed by atoms with van der Waals surface area (Å²) in [7, 11) is 3.98. The average molecular weight is 412 g/mol. The van der Waals surface area contributed by atoms with Crippen LogP contribution in [0.3, 0.4) is 0 Å². The molecule has 1 aromatic carbocycles. The highest BCUT2D eigenvalue weighted by atomic mass is 35.5. The van der Waals surface area contributed by atoms with Crippen molar-refractivity contribution in [2.24, 2.45) is 10.7 Å². The number of pyridine rings is 1. The highest BCUT2D eigenvalue weighted by Crippen LogP contribution is 2.28. The summed E-state index contributed by atoms with van der Waals surface area (Å²) in [5, 5.41) is 4.11. The molecule has 0 radical (unpaired) electrons. The van der Waals surface area contributed by atoms with Crippen LogP contribution in [-0.2, 0) is 5.66 Å². The molecule has 1 unspecified atom stereocenters. The second-order valence-electron chi connectivity index (χ2n) is 7.48. The Bertz CT molecular complexity index is 902. The number of aromatic nitrogens is 1. The number of benzene rings is 1. The van der Waals surface area contributed by atoms with E-state index in [2.05, 4.69) is 20.1 Å². The Morgan fingerprint density at radius 3 is 2.34 bits per heavy atom. The lowest BCUT2D eigenvalue weighted by Crippen LogP contribution is -2.56. The van der Waals surface area contributed by atoms with Gasteiger partial charge in [-0.3, -0.25) is 5.73 Å². The van der Waals surface area contributed by atoms with Crippen molar-refractivity contribution in [3.8, 4) is 0 Å². The minimum atomic E-state index is -0.955. The predicted octanol–water partition coefficient (Wildman–Crippen LogP) is 2.03. The number of aliphatic imine (C=N–C) groups is 1. The molecule has 3 heterocycles. The largest absolute Gasteiger partial charge is 0.364 e. The maximum atomic E-state index is 6.75. The molecule has 2 aliphatic rings. The Hall–Kier alpha value is -2.77. The standard InChI is InChI=1S/C21H26ClN7/c1-27(2)19-15-21(23,16-6-8-17(22)9-7-16)26-20(25-19)29-13-11-28(12-14-29)18-5-3-4-10-24-18/h3-10,15H,11-14,23H2,1-2H3,(H,25,26). The van der Waals surface area contributed by atoms with Crippen LogP contribution in [0, 0.1) is 0 Å². The molecular formula is C21H26ClN7. The molecule has 8 heteroatoms. The molecular weight excluding hydrogens is 386 g/mol. The van der Waals surface area contributed by atoms with E-state index < -0.39 is 5.66 Å². The lowest BCUT2D eigenvalue weighted by molar-refractivity contribution is 0.352. The summed E-state index contributed by atoms with van der Waals surface area (Å²) in [4.78, 5) is 15.9. The molecule has 3 N–H and O–H groups in total. The van der Waals surface area contributed by atoms with E-state index >= 15 is 0 Å². The Kier molecular flexibility index (Phi) is 5.34. The molecule has 0 spiro atoms. The molecule has 0 bridgehead atoms. The number of piperazine rings is 1. The van der Waals surface area contributed by atoms with Crippen LogP contribution in [0.2, 0.25) is 5.02 Å². The SMILES string of the molecule is CN(C)C1=CC(N)(c2ccc(Cl)cc2)N=C(N2CCN(c3ccccn3)CC2)N1. The zero-order chi connectivity index (χ0) is 20.4. The highest BCUT2D eigenvalue weighted by Gasteiger charge is 2.33. The van der Waals surface area contributed by atoms with Crippen LogP contribution in [0.5, 0.6) is 0 Å². The van der Waals surface area contributed by atoms with Gasteiger partial charge >= 0.3 is 0 Å². The first-order valence-electron chi connectivity index (χ1n) is 9.67. The Morgan fingerprint density at radius 2 is 1.72 bits per heavy atom. The first kappa shape index (κ1) is 19.5. The molecule has 152 valence electrons. The van der Waals surface area contributed by atoms with Crippen molar-refractivity contribution in [2.75, 3.05) is 45.2 Å². The summed E-state index contributed by atoms with van der Waals surface area (Å²) < 4.78 is 0. The third-order valence-corrected chi connectivity index (χ3v) is 5.48. The van der Waals surface area contributed by atoms with Crippen molar-refractivity contribution >= 4 is 23.4 Å². The van der Waals surface area contributed by atoms with Crippen LogP contribution in [-0.4, -0.2) is 61.0 Å². The number of nitrogens with two attached hydrogens (primary N) is 1. The van der Waals surface area contributed by atoms with Crippen LogP contribution in [0.1, 0.15) is 5.56 Å². The van der Waals surface area contributed by atoms with Crippen LogP contribution in [0.4, 0.5) is 5.82 Å². The fraction of sp³-hybridized carbons (Fsp3) is 0.333. The number of nitrogens with zero attached hydrogens (tertiary/aromatic N) is 5. The number of anilines is 1. The summed E-state index contributed by atoms with van der Waals surface area (Å²) in [5.41, 5.74) is 6.69. The van der Waals surface area contributed by atoms with Gasteiger partial charge in [-0.15, -0.1) is 0 Å². The van der Waals surface area contributed by atoms with E-state index in [0.29, 0.717) is 5.02 Å². The molecule has 7 nitrogen and oxygen atoms in total. The Morgan fingerprint density at radius 1 is 1.03 bits per heavy atom. The molecule has 0 amide bonds. The van der Waals surface area contributed by atoms with Crippen molar-refractivity contribution in [2.45, 2.75) is 5.66 Å². The molecule has 1 atom stereocenters. The normalized spacial score (nSPS) is 21.9. The summed E-state index contributed by atoms with van der Waals surface area (Å²) in [6.45, 7) is 3.41. The van der Waals surface area contributed by atoms with Gasteiger partial charge < -0.3 is 20.0 Å². The fourth-order valence-electron chi connectivity index (χ4n) is 3.54. The molecule has 0 saturated carbocycles. The van der Waals surface area contributed by atoms with E-state index in [-0.39, 0.29) is 0 Å². The predicted molar refractivity (Wildman–Crippen MR) is 118 cm³/mol. The van der Waals surface area contributed by atoms with Gasteiger partial charge in [-0.1, -0.05) is 29.8 Å². The smallest absolute Gasteiger partial charge is 0.202 e. The maximum Gasteiger partial charge on any atom is 0.202 e. The fourth-order valence-corrected chi connectivity index (χ4v) is 3.66. The topological polar surface area (TPSA) is 73.0 Å². The first-order chi connectivity index (χ1) is 13.9. The van der Waals surface area contributed by atoms with Gasteiger partial charge in [0.05, 0.1) is 0 Å². The van der Waals surface area contributed by atoms with Gasteiger partial charge in [0.1, 0.15) is 11.6 Å². The van der Waals surface area contributed by atoms with Gasteiger partial charge in [-0.05, 0) is 29.8 Å². The van der Waals surface area contributed by atoms with Crippen molar-refractivity contribution in [3.63, 3.8) is 0 Å². The number of guanidine groups is 1. The summed E-state index contributed by atoms with van der Waals surface area (Å²) in [6.07, 6.45) is 3.78. The molecule has 0 aliphatic carbocycles. The minimum Gasteiger partial charge on any atom is -0.364 e. The third-order valence-electron chi connectivity index (χ3n) is 5.23. The van der Waals surface area contributed by atoms with Crippen molar-refractivity contribution < 1.29 is 0 Å². The van der Waals surface area contributed by atoms with Crippen LogP contribution in [0.15, 0.2) is 65.6 Å². The van der Waals surface area contributed by atoms with E-state index in [1.807, 2.05) is 73.7 Å². The van der Waals surface area contributed by atoms with Crippen molar-refractivity contribution in [3.05, 3.63) is 71.1 Å². The number of hydrogen-bond donors (Lipinski definition) is 2. The van der Waals surface area contributed by atoms with Gasteiger partial charge in [-0.25, -0.2) is 9.98 Å². The summed E-state index contributed by atoms with van der Waals surface area (Å²) in [6, 6.07) is 13.5. The van der Waals surface area contributed by atoms with E-state index in [0.717, 1.165) is 49.3 Å². The van der Waals surface area contributed by atoms with E-state index in [1.54, 1.807) is 0 Å². The third kappa shape index (κ3) is 4.16. The zero-order valence-corrected chi connectivity index (χ0v) is 17.5. The average Bonchev–Trinajstić information content (AvgIpc) is 2.74. The minimum absolute atomic E-state index is 0.679. The quantitative estimate of drug-likeness (QED) is 0.805. The van der Waals surface area contributed by atoms with Gasteiger partial charge in [0, 0.05) is 57.6 Å². The molecule has 1 fully saturated rings. The monoisotopic (exact) mass is 411 g/mol. The van der Waals surface area contributed by atoms with Gasteiger partial charge in [0.2, 0.25) is 5.96 Å². The molecule has 29 heavy (non-hydrogen) atoms. The molecule has 1 saturated heterocycles. The molecule has 2 aliphatic heterocycles. The van der Waals surface area contributed by atoms with Crippen LogP contribution in [0.25, 0.3) is 0 Å². The second-order valence-corrected chi connectivity index (χ2v) is 7.92. The van der Waals surface area contributed by atoms with Gasteiger partial charge in [0.15, 0.2) is 5.66 Å². The number of hydrogen-bond acceptors (Lipinski definition) is 7. The van der Waals surface area contributed by atoms with E-state index in [1.165, 1.54) is 0 Å². The molecule has 2 aromatic rings. The summed E-state index contributed by atoms with van der Waals surface area (Å²) >= 11 is 6.06. The number of rotatable bonds is 3. The van der Waals surface area contributed by atoms with Crippen LogP contribution < -0.4 is 16.0 Å². The van der Waals surface area contributed by atoms with E-state index in [4.69, 9.17) is 22.3 Å². The first-order valence-corrected chi connectivity index (χ1v) is 10.1. The highest BCUT2D eigenvalue weighted by molar-refractivity contribution is 6.30. The molecule has 4 rings (SSSR count). The Labute approximate surface area is 176 Å². The maximum absolute atomic E-state index is 6.75. The number of nitrogens with one attached hydrogen (secondary N) is 1. The lowest BCUT2D eigenvalue weighted by Gasteiger charge is -2.40. The number of halogens is 1. The van der Waals surface area contributed by atoms with Crippen molar-refractivity contribution in [1.29, 1.82) is 0 Å². The van der Waals surface area contributed by atoms with Gasteiger partial charge in [0.25, 0.3) is 0 Å². The van der Waals surface area contributed by atoms with Crippen LogP contribution >= 0.6 is 11.6 Å². The van der Waals surface area contributed by atoms with Crippen molar-refractivity contribution in [1.82, 2.24) is 20.1 Å². The zero-order valence-electron chi connectivity index (χ0n) is 16.7. The Balaban J connectivity index is 1.56.